The minimum atomic E-state index is -0.402. The lowest BCUT2D eigenvalue weighted by Gasteiger charge is -2.15. The van der Waals surface area contributed by atoms with E-state index in [4.69, 9.17) is 21.1 Å². The molecule has 0 unspecified atom stereocenters. The molecule has 4 aromatic rings. The van der Waals surface area contributed by atoms with Crippen LogP contribution in [-0.4, -0.2) is 23.4 Å². The van der Waals surface area contributed by atoms with Crippen molar-refractivity contribution in [1.29, 1.82) is 0 Å². The van der Waals surface area contributed by atoms with E-state index in [0.717, 1.165) is 35.2 Å². The van der Waals surface area contributed by atoms with Crippen LogP contribution < -0.4 is 20.7 Å². The van der Waals surface area contributed by atoms with Gasteiger partial charge in [0.2, 0.25) is 0 Å². The van der Waals surface area contributed by atoms with Crippen LogP contribution in [0, 0.1) is 0 Å². The van der Waals surface area contributed by atoms with Crippen molar-refractivity contribution < 1.29 is 9.47 Å². The second-order valence-electron chi connectivity index (χ2n) is 7.71. The Balaban J connectivity index is 1.82. The van der Waals surface area contributed by atoms with Crippen LogP contribution in [-0.2, 0) is 19.4 Å². The van der Waals surface area contributed by atoms with Gasteiger partial charge >= 0.3 is 5.69 Å². The van der Waals surface area contributed by atoms with Gasteiger partial charge in [0.25, 0.3) is 5.56 Å². The average Bonchev–Trinajstić information content (AvgIpc) is 3.39. The molecule has 0 atom stereocenters. The number of aromatic nitrogens is 2. The van der Waals surface area contributed by atoms with Crippen LogP contribution in [0.2, 0.25) is 5.02 Å². The molecular formula is C24H21ClN2O4S. The fraction of sp³-hybridized carbons (Fsp3) is 0.250. The van der Waals surface area contributed by atoms with Gasteiger partial charge in [-0.2, -0.15) is 0 Å². The van der Waals surface area contributed by atoms with E-state index in [1.165, 1.54) is 16.6 Å². The summed E-state index contributed by atoms with van der Waals surface area (Å²) >= 11 is 7.60. The van der Waals surface area contributed by atoms with E-state index in [2.05, 4.69) is 0 Å². The topological polar surface area (TPSA) is 62.5 Å². The molecule has 164 valence electrons. The molecule has 0 aliphatic heterocycles. The van der Waals surface area contributed by atoms with E-state index < -0.39 is 5.69 Å². The Morgan fingerprint density at radius 1 is 1.03 bits per heavy atom. The minimum Gasteiger partial charge on any atom is -0.497 e. The smallest absolute Gasteiger partial charge is 0.337 e. The van der Waals surface area contributed by atoms with Crippen molar-refractivity contribution in [3.05, 3.63) is 84.3 Å². The largest absolute Gasteiger partial charge is 0.497 e. The van der Waals surface area contributed by atoms with E-state index in [9.17, 15) is 9.59 Å². The van der Waals surface area contributed by atoms with Crippen LogP contribution in [0.25, 0.3) is 15.9 Å². The number of hydrogen-bond donors (Lipinski definition) is 0. The zero-order valence-electron chi connectivity index (χ0n) is 17.7. The maximum atomic E-state index is 13.7. The van der Waals surface area contributed by atoms with Crippen molar-refractivity contribution in [3.8, 4) is 17.2 Å². The summed E-state index contributed by atoms with van der Waals surface area (Å²) in [7, 11) is 3.07. The molecule has 1 aliphatic rings. The molecular weight excluding hydrogens is 448 g/mol. The number of benzene rings is 2. The zero-order valence-corrected chi connectivity index (χ0v) is 19.3. The second-order valence-corrected chi connectivity index (χ2v) is 9.23. The summed E-state index contributed by atoms with van der Waals surface area (Å²) in [5.74, 6) is 0.977. The van der Waals surface area contributed by atoms with Gasteiger partial charge in [0.05, 0.1) is 31.8 Å². The normalized spacial score (nSPS) is 12.8. The predicted octanol–water partition coefficient (Wildman–Crippen LogP) is 4.42. The van der Waals surface area contributed by atoms with Gasteiger partial charge in [0.15, 0.2) is 0 Å². The third-order valence-corrected chi connectivity index (χ3v) is 7.44. The molecule has 0 saturated carbocycles. The van der Waals surface area contributed by atoms with Crippen molar-refractivity contribution in [2.45, 2.75) is 25.8 Å². The number of methoxy groups -OCH3 is 2. The number of ether oxygens (including phenoxy) is 2. The highest BCUT2D eigenvalue weighted by Crippen LogP contribution is 2.36. The lowest BCUT2D eigenvalue weighted by atomic mass is 10.2. The molecule has 32 heavy (non-hydrogen) atoms. The van der Waals surface area contributed by atoms with E-state index in [-0.39, 0.29) is 5.56 Å². The standard InChI is InChI=1S/C24H21ClN2O4S/c1-30-16-10-11-18(19(12-16)31-2)27-22(28)21-17-4-3-5-20(17)32-23(21)26(24(27)29)13-14-6-8-15(25)9-7-14/h6-12H,3-5,13H2,1-2H3. The number of fused-ring (bicyclic) bond motifs is 3. The van der Waals surface area contributed by atoms with Crippen LogP contribution >= 0.6 is 22.9 Å². The Labute approximate surface area is 193 Å². The summed E-state index contributed by atoms with van der Waals surface area (Å²) in [4.78, 5) is 29.4. The van der Waals surface area contributed by atoms with Gasteiger partial charge in [-0.1, -0.05) is 23.7 Å². The summed E-state index contributed by atoms with van der Waals surface area (Å²) in [5, 5.41) is 1.27. The quantitative estimate of drug-likeness (QED) is 0.435. The summed E-state index contributed by atoms with van der Waals surface area (Å²) < 4.78 is 13.7. The number of rotatable bonds is 5. The first-order chi connectivity index (χ1) is 15.5. The van der Waals surface area contributed by atoms with Gasteiger partial charge in [-0.3, -0.25) is 9.36 Å². The average molecular weight is 469 g/mol. The Morgan fingerprint density at radius 3 is 2.53 bits per heavy atom. The Kier molecular flexibility index (Phi) is 5.31. The van der Waals surface area contributed by atoms with Crippen molar-refractivity contribution in [3.63, 3.8) is 0 Å². The molecule has 1 aliphatic carbocycles. The van der Waals surface area contributed by atoms with Crippen LogP contribution in [0.3, 0.4) is 0 Å². The number of hydrogen-bond acceptors (Lipinski definition) is 5. The van der Waals surface area contributed by atoms with Crippen LogP contribution in [0.1, 0.15) is 22.4 Å². The summed E-state index contributed by atoms with van der Waals surface area (Å²) in [6, 6.07) is 12.5. The molecule has 0 bridgehead atoms. The number of nitrogens with zero attached hydrogens (tertiary/aromatic N) is 2. The van der Waals surface area contributed by atoms with E-state index in [0.29, 0.717) is 34.1 Å². The molecule has 0 saturated heterocycles. The molecule has 0 fully saturated rings. The Bertz CT molecular complexity index is 1450. The molecule has 0 amide bonds. The molecule has 8 heteroatoms. The van der Waals surface area contributed by atoms with E-state index in [1.807, 2.05) is 12.1 Å². The van der Waals surface area contributed by atoms with Crippen molar-refractivity contribution in [1.82, 2.24) is 9.13 Å². The van der Waals surface area contributed by atoms with E-state index >= 15 is 0 Å². The fourth-order valence-corrected chi connectivity index (χ4v) is 5.80. The first kappa shape index (κ1) is 20.8. The van der Waals surface area contributed by atoms with Crippen molar-refractivity contribution in [2.75, 3.05) is 14.2 Å². The third-order valence-electron chi connectivity index (χ3n) is 5.87. The highest BCUT2D eigenvalue weighted by molar-refractivity contribution is 7.18. The minimum absolute atomic E-state index is 0.305. The molecule has 0 radical (unpaired) electrons. The molecule has 2 aromatic carbocycles. The van der Waals surface area contributed by atoms with Crippen molar-refractivity contribution >= 4 is 33.2 Å². The van der Waals surface area contributed by atoms with Gasteiger partial charge in [0, 0.05) is 16.0 Å². The van der Waals surface area contributed by atoms with Gasteiger partial charge in [-0.05, 0) is 54.7 Å². The zero-order chi connectivity index (χ0) is 22.4. The lowest BCUT2D eigenvalue weighted by Crippen LogP contribution is -2.39. The van der Waals surface area contributed by atoms with Crippen LogP contribution in [0.15, 0.2) is 52.1 Å². The lowest BCUT2D eigenvalue weighted by molar-refractivity contribution is 0.392. The summed E-state index contributed by atoms with van der Waals surface area (Å²) in [5.41, 5.74) is 1.69. The fourth-order valence-electron chi connectivity index (χ4n) is 4.30. The SMILES string of the molecule is COc1ccc(-n2c(=O)c3c4c(sc3n(Cc3ccc(Cl)cc3)c2=O)CCC4)c(OC)c1. The maximum absolute atomic E-state index is 13.7. The molecule has 0 N–H and O–H groups in total. The van der Waals surface area contributed by atoms with Gasteiger partial charge < -0.3 is 9.47 Å². The Morgan fingerprint density at radius 2 is 1.81 bits per heavy atom. The van der Waals surface area contributed by atoms with Crippen molar-refractivity contribution in [2.24, 2.45) is 0 Å². The summed E-state index contributed by atoms with van der Waals surface area (Å²) in [6.45, 7) is 0.338. The van der Waals surface area contributed by atoms with Gasteiger partial charge in [-0.15, -0.1) is 11.3 Å². The molecule has 6 nitrogen and oxygen atoms in total. The number of thiophene rings is 1. The second kappa shape index (κ2) is 8.15. The predicted molar refractivity (Wildman–Crippen MR) is 127 cm³/mol. The Hall–Kier alpha value is -3.03. The summed E-state index contributed by atoms with van der Waals surface area (Å²) in [6.07, 6.45) is 2.82. The highest BCUT2D eigenvalue weighted by Gasteiger charge is 2.26. The number of aryl methyl sites for hydroxylation is 2. The van der Waals surface area contributed by atoms with Gasteiger partial charge in [-0.25, -0.2) is 9.36 Å². The van der Waals surface area contributed by atoms with Crippen LogP contribution in [0.4, 0.5) is 0 Å². The van der Waals surface area contributed by atoms with Crippen LogP contribution in [0.5, 0.6) is 11.5 Å². The van der Waals surface area contributed by atoms with Gasteiger partial charge in [0.1, 0.15) is 16.3 Å². The molecule has 2 aromatic heterocycles. The molecule has 0 spiro atoms. The third kappa shape index (κ3) is 3.32. The highest BCUT2D eigenvalue weighted by atomic mass is 35.5. The van der Waals surface area contributed by atoms with E-state index in [1.54, 1.807) is 53.3 Å². The monoisotopic (exact) mass is 468 g/mol. The first-order valence-electron chi connectivity index (χ1n) is 10.3. The molecule has 5 rings (SSSR count). The maximum Gasteiger partial charge on any atom is 0.337 e. The first-order valence-corrected chi connectivity index (χ1v) is 11.5. The molecule has 2 heterocycles. The number of halogens is 1.